The lowest BCUT2D eigenvalue weighted by Crippen LogP contribution is -2.12. The summed E-state index contributed by atoms with van der Waals surface area (Å²) in [6.45, 7) is 3.06. The maximum Gasteiger partial charge on any atom is 0.126 e. The SMILES string of the molecule is CC1CCC(=NOCCI)CC1. The normalized spacial score (nSPS) is 23.8. The Labute approximate surface area is 87.9 Å². The molecule has 0 N–H and O–H groups in total. The summed E-state index contributed by atoms with van der Waals surface area (Å²) in [5.74, 6) is 0.883. The molecule has 0 aromatic heterocycles. The van der Waals surface area contributed by atoms with E-state index in [1.807, 2.05) is 0 Å². The van der Waals surface area contributed by atoms with E-state index in [1.165, 1.54) is 18.6 Å². The third-order valence-electron chi connectivity index (χ3n) is 2.21. The van der Waals surface area contributed by atoms with Gasteiger partial charge in [-0.2, -0.15) is 0 Å². The Bertz CT molecular complexity index is 149. The van der Waals surface area contributed by atoms with Gasteiger partial charge in [0.25, 0.3) is 0 Å². The van der Waals surface area contributed by atoms with Crippen molar-refractivity contribution < 1.29 is 4.84 Å². The van der Waals surface area contributed by atoms with E-state index in [9.17, 15) is 0 Å². The summed E-state index contributed by atoms with van der Waals surface area (Å²) in [7, 11) is 0. The highest BCUT2D eigenvalue weighted by molar-refractivity contribution is 14.1. The monoisotopic (exact) mass is 281 g/mol. The number of oxime groups is 1. The lowest BCUT2D eigenvalue weighted by Gasteiger charge is -2.18. The van der Waals surface area contributed by atoms with Gasteiger partial charge in [0.15, 0.2) is 0 Å². The Kier molecular flexibility index (Phi) is 4.95. The van der Waals surface area contributed by atoms with Gasteiger partial charge in [0.2, 0.25) is 0 Å². The highest BCUT2D eigenvalue weighted by atomic mass is 127. The molecule has 0 spiro atoms. The Morgan fingerprint density at radius 1 is 1.50 bits per heavy atom. The van der Waals surface area contributed by atoms with Gasteiger partial charge in [0.1, 0.15) is 6.61 Å². The summed E-state index contributed by atoms with van der Waals surface area (Å²) in [4.78, 5) is 5.14. The van der Waals surface area contributed by atoms with Gasteiger partial charge in [0, 0.05) is 4.43 Å². The average molecular weight is 281 g/mol. The van der Waals surface area contributed by atoms with Gasteiger partial charge < -0.3 is 4.84 Å². The van der Waals surface area contributed by atoms with Gasteiger partial charge >= 0.3 is 0 Å². The van der Waals surface area contributed by atoms with Gasteiger partial charge in [-0.05, 0) is 31.6 Å². The minimum Gasteiger partial charge on any atom is -0.395 e. The first-order chi connectivity index (χ1) is 5.83. The molecule has 1 fully saturated rings. The fourth-order valence-corrected chi connectivity index (χ4v) is 1.56. The zero-order valence-corrected chi connectivity index (χ0v) is 9.71. The van der Waals surface area contributed by atoms with Crippen molar-refractivity contribution >= 4 is 28.3 Å². The summed E-state index contributed by atoms with van der Waals surface area (Å²) in [6.07, 6.45) is 4.85. The topological polar surface area (TPSA) is 21.6 Å². The number of hydrogen-bond acceptors (Lipinski definition) is 2. The highest BCUT2D eigenvalue weighted by Crippen LogP contribution is 2.21. The van der Waals surface area contributed by atoms with Crippen LogP contribution in [0.1, 0.15) is 32.6 Å². The van der Waals surface area contributed by atoms with Crippen LogP contribution in [-0.4, -0.2) is 16.7 Å². The number of rotatable bonds is 3. The summed E-state index contributed by atoms with van der Waals surface area (Å²) in [5.41, 5.74) is 1.26. The van der Waals surface area contributed by atoms with Crippen molar-refractivity contribution in [3.8, 4) is 0 Å². The van der Waals surface area contributed by atoms with Crippen molar-refractivity contribution in [2.24, 2.45) is 11.1 Å². The molecule has 0 bridgehead atoms. The van der Waals surface area contributed by atoms with Gasteiger partial charge in [0.05, 0.1) is 5.71 Å². The van der Waals surface area contributed by atoms with Crippen molar-refractivity contribution in [3.05, 3.63) is 0 Å². The molecule has 1 saturated carbocycles. The fourth-order valence-electron chi connectivity index (χ4n) is 1.36. The molecule has 1 aliphatic carbocycles. The minimum absolute atomic E-state index is 0.750. The zero-order valence-electron chi connectivity index (χ0n) is 7.55. The molecule has 0 aliphatic heterocycles. The smallest absolute Gasteiger partial charge is 0.126 e. The predicted octanol–water partition coefficient (Wildman–Crippen LogP) is 3.00. The maximum absolute atomic E-state index is 5.14. The second-order valence-corrected chi connectivity index (χ2v) is 4.44. The summed E-state index contributed by atoms with van der Waals surface area (Å²) >= 11 is 2.29. The number of nitrogens with zero attached hydrogens (tertiary/aromatic N) is 1. The first-order valence-corrected chi connectivity index (χ1v) is 6.09. The van der Waals surface area contributed by atoms with Crippen molar-refractivity contribution in [2.75, 3.05) is 11.0 Å². The molecule has 2 nitrogen and oxygen atoms in total. The summed E-state index contributed by atoms with van der Waals surface area (Å²) in [6, 6.07) is 0. The lowest BCUT2D eigenvalue weighted by molar-refractivity contribution is 0.160. The molecule has 0 amide bonds. The van der Waals surface area contributed by atoms with Gasteiger partial charge in [-0.3, -0.25) is 0 Å². The van der Waals surface area contributed by atoms with Crippen LogP contribution in [0.25, 0.3) is 0 Å². The second-order valence-electron chi connectivity index (χ2n) is 3.36. The molecule has 70 valence electrons. The van der Waals surface area contributed by atoms with Crippen LogP contribution in [0, 0.1) is 5.92 Å². The van der Waals surface area contributed by atoms with Crippen LogP contribution in [0.5, 0.6) is 0 Å². The van der Waals surface area contributed by atoms with Crippen LogP contribution in [0.3, 0.4) is 0 Å². The van der Waals surface area contributed by atoms with Crippen LogP contribution in [0.2, 0.25) is 0 Å². The zero-order chi connectivity index (χ0) is 8.81. The van der Waals surface area contributed by atoms with Gasteiger partial charge in [-0.1, -0.05) is 34.7 Å². The van der Waals surface area contributed by atoms with E-state index in [0.29, 0.717) is 0 Å². The molecular weight excluding hydrogens is 265 g/mol. The molecular formula is C9H16INO. The Hall–Kier alpha value is 0.200. The molecule has 1 aliphatic rings. The van der Waals surface area contributed by atoms with Crippen LogP contribution < -0.4 is 0 Å². The first-order valence-electron chi connectivity index (χ1n) is 4.56. The van der Waals surface area contributed by atoms with Crippen LogP contribution in [0.4, 0.5) is 0 Å². The third kappa shape index (κ3) is 3.74. The largest absolute Gasteiger partial charge is 0.395 e. The Balaban J connectivity index is 2.19. The first kappa shape index (κ1) is 10.3. The molecule has 0 atom stereocenters. The number of halogens is 1. The fraction of sp³-hybridized carbons (Fsp3) is 0.889. The van der Waals surface area contributed by atoms with Crippen LogP contribution in [0.15, 0.2) is 5.16 Å². The third-order valence-corrected chi connectivity index (χ3v) is 2.65. The van der Waals surface area contributed by atoms with Crippen LogP contribution in [-0.2, 0) is 4.84 Å². The number of alkyl halides is 1. The summed E-state index contributed by atoms with van der Waals surface area (Å²) in [5, 5.41) is 4.12. The maximum atomic E-state index is 5.14. The molecule has 0 aromatic rings. The highest BCUT2D eigenvalue weighted by Gasteiger charge is 2.13. The van der Waals surface area contributed by atoms with Crippen molar-refractivity contribution in [3.63, 3.8) is 0 Å². The van der Waals surface area contributed by atoms with Gasteiger partial charge in [-0.25, -0.2) is 0 Å². The Morgan fingerprint density at radius 2 is 2.17 bits per heavy atom. The van der Waals surface area contributed by atoms with E-state index in [-0.39, 0.29) is 0 Å². The molecule has 0 unspecified atom stereocenters. The van der Waals surface area contributed by atoms with Crippen LogP contribution >= 0.6 is 22.6 Å². The summed E-state index contributed by atoms with van der Waals surface area (Å²) < 4.78 is 1.02. The van der Waals surface area contributed by atoms with Crippen molar-refractivity contribution in [1.29, 1.82) is 0 Å². The quantitative estimate of drug-likeness (QED) is 0.337. The molecule has 3 heteroatoms. The number of hydrogen-bond donors (Lipinski definition) is 0. The predicted molar refractivity (Wildman–Crippen MR) is 59.9 cm³/mol. The van der Waals surface area contributed by atoms with E-state index in [0.717, 1.165) is 29.8 Å². The second kappa shape index (κ2) is 5.78. The van der Waals surface area contributed by atoms with Crippen molar-refractivity contribution in [2.45, 2.75) is 32.6 Å². The minimum atomic E-state index is 0.750. The molecule has 0 aromatic carbocycles. The molecule has 0 heterocycles. The standard InChI is InChI=1S/C9H16INO/c1-8-2-4-9(5-3-8)11-12-7-6-10/h8H,2-7H2,1H3. The molecule has 0 radical (unpaired) electrons. The van der Waals surface area contributed by atoms with E-state index in [4.69, 9.17) is 4.84 Å². The van der Waals surface area contributed by atoms with E-state index in [2.05, 4.69) is 34.7 Å². The molecule has 12 heavy (non-hydrogen) atoms. The Morgan fingerprint density at radius 3 is 2.75 bits per heavy atom. The van der Waals surface area contributed by atoms with E-state index in [1.54, 1.807) is 0 Å². The molecule has 1 rings (SSSR count). The lowest BCUT2D eigenvalue weighted by atomic mass is 9.90. The average Bonchev–Trinajstić information content (AvgIpc) is 2.09. The van der Waals surface area contributed by atoms with Gasteiger partial charge in [-0.15, -0.1) is 0 Å². The molecule has 0 saturated heterocycles. The van der Waals surface area contributed by atoms with E-state index < -0.39 is 0 Å². The van der Waals surface area contributed by atoms with E-state index >= 15 is 0 Å². The van der Waals surface area contributed by atoms with Crippen molar-refractivity contribution in [1.82, 2.24) is 0 Å².